The second kappa shape index (κ2) is 7.27. The predicted molar refractivity (Wildman–Crippen MR) is 89.2 cm³/mol. The lowest BCUT2D eigenvalue weighted by atomic mass is 10.1. The van der Waals surface area contributed by atoms with Crippen LogP contribution in [0.4, 0.5) is 0 Å². The molecule has 7 heteroatoms. The van der Waals surface area contributed by atoms with E-state index in [1.165, 1.54) is 11.8 Å². The Morgan fingerprint density at radius 3 is 2.67 bits per heavy atom. The highest BCUT2D eigenvalue weighted by molar-refractivity contribution is 5.93. The first kappa shape index (κ1) is 16.2. The van der Waals surface area contributed by atoms with Crippen LogP contribution in [0.25, 0.3) is 0 Å². The van der Waals surface area contributed by atoms with Crippen LogP contribution >= 0.6 is 0 Å². The molecule has 0 bridgehead atoms. The van der Waals surface area contributed by atoms with E-state index in [-0.39, 0.29) is 5.91 Å². The molecule has 0 saturated carbocycles. The lowest BCUT2D eigenvalue weighted by Gasteiger charge is -2.39. The van der Waals surface area contributed by atoms with Gasteiger partial charge in [-0.15, -0.1) is 0 Å². The van der Waals surface area contributed by atoms with Crippen molar-refractivity contribution in [3.05, 3.63) is 53.9 Å². The number of primary amides is 1. The zero-order valence-electron chi connectivity index (χ0n) is 13.4. The molecule has 1 atom stereocenters. The minimum Gasteiger partial charge on any atom is -0.368 e. The fourth-order valence-electron chi connectivity index (χ4n) is 3.01. The molecule has 0 spiro atoms. The number of nitrogens with one attached hydrogen (secondary N) is 1. The molecular formula is C17H21N5O2. The number of aromatic nitrogens is 2. The number of piperazine rings is 1. The Morgan fingerprint density at radius 1 is 1.21 bits per heavy atom. The molecule has 0 radical (unpaired) electrons. The highest BCUT2D eigenvalue weighted by Crippen LogP contribution is 2.13. The summed E-state index contributed by atoms with van der Waals surface area (Å²) in [6, 6.07) is 11.3. The van der Waals surface area contributed by atoms with Gasteiger partial charge in [0.05, 0.1) is 0 Å². The molecule has 2 aromatic rings. The Balaban J connectivity index is 1.63. The van der Waals surface area contributed by atoms with Crippen molar-refractivity contribution in [3.8, 4) is 0 Å². The van der Waals surface area contributed by atoms with Crippen LogP contribution in [0.5, 0.6) is 0 Å². The van der Waals surface area contributed by atoms with Crippen molar-refractivity contribution in [2.24, 2.45) is 5.73 Å². The molecule has 1 fully saturated rings. The molecular weight excluding hydrogens is 306 g/mol. The maximum atomic E-state index is 12.4. The number of rotatable bonds is 5. The largest absolute Gasteiger partial charge is 0.368 e. The molecule has 7 nitrogen and oxygen atoms in total. The van der Waals surface area contributed by atoms with Gasteiger partial charge in [-0.05, 0) is 18.1 Å². The third-order valence-corrected chi connectivity index (χ3v) is 4.37. The second-order valence-electron chi connectivity index (χ2n) is 5.91. The molecule has 2 amide bonds. The van der Waals surface area contributed by atoms with Crippen LogP contribution in [0.3, 0.4) is 0 Å². The van der Waals surface area contributed by atoms with Crippen LogP contribution in [0, 0.1) is 0 Å². The predicted octanol–water partition coefficient (Wildman–Crippen LogP) is 0.264. The summed E-state index contributed by atoms with van der Waals surface area (Å²) < 4.78 is 0. The summed E-state index contributed by atoms with van der Waals surface area (Å²) in [7, 11) is 0. The first-order valence-electron chi connectivity index (χ1n) is 8.01. The van der Waals surface area contributed by atoms with Gasteiger partial charge in [-0.1, -0.05) is 30.3 Å². The first-order valence-corrected chi connectivity index (χ1v) is 8.01. The Labute approximate surface area is 140 Å². The van der Waals surface area contributed by atoms with Crippen molar-refractivity contribution in [3.63, 3.8) is 0 Å². The number of nitrogens with two attached hydrogens (primary N) is 1. The molecule has 1 aliphatic rings. The summed E-state index contributed by atoms with van der Waals surface area (Å²) >= 11 is 0. The number of amides is 2. The quantitative estimate of drug-likeness (QED) is 0.824. The fourth-order valence-corrected chi connectivity index (χ4v) is 3.01. The van der Waals surface area contributed by atoms with Crippen molar-refractivity contribution in [2.75, 3.05) is 26.2 Å². The molecule has 3 rings (SSSR count). The molecule has 126 valence electrons. The molecule has 3 N–H and O–H groups in total. The lowest BCUT2D eigenvalue weighted by molar-refractivity contribution is -0.125. The maximum Gasteiger partial charge on any atom is 0.271 e. The third kappa shape index (κ3) is 3.62. The summed E-state index contributed by atoms with van der Waals surface area (Å²) in [4.78, 5) is 28.0. The van der Waals surface area contributed by atoms with Gasteiger partial charge >= 0.3 is 0 Å². The minimum absolute atomic E-state index is 0.151. The van der Waals surface area contributed by atoms with Crippen molar-refractivity contribution < 1.29 is 9.59 Å². The molecule has 0 unspecified atom stereocenters. The van der Waals surface area contributed by atoms with E-state index in [9.17, 15) is 9.59 Å². The summed E-state index contributed by atoms with van der Waals surface area (Å²) in [6.45, 7) is 2.24. The van der Waals surface area contributed by atoms with Gasteiger partial charge in [0.1, 0.15) is 11.7 Å². The average Bonchev–Trinajstić information content (AvgIpc) is 3.14. The number of hydrogen-bond acceptors (Lipinski definition) is 4. The molecule has 24 heavy (non-hydrogen) atoms. The average molecular weight is 327 g/mol. The number of hydrogen-bond donors (Lipinski definition) is 2. The van der Waals surface area contributed by atoms with Crippen LogP contribution in [0.15, 0.2) is 42.6 Å². The molecule has 1 aromatic carbocycles. The number of benzene rings is 1. The third-order valence-electron chi connectivity index (χ3n) is 4.37. The highest BCUT2D eigenvalue weighted by atomic mass is 16.2. The van der Waals surface area contributed by atoms with Crippen LogP contribution in [0.1, 0.15) is 16.1 Å². The van der Waals surface area contributed by atoms with Gasteiger partial charge in [0, 0.05) is 32.4 Å². The van der Waals surface area contributed by atoms with Gasteiger partial charge in [-0.2, -0.15) is 5.10 Å². The Kier molecular flexibility index (Phi) is 4.90. The van der Waals surface area contributed by atoms with Crippen LogP contribution in [0.2, 0.25) is 0 Å². The number of H-pyrrole nitrogens is 1. The van der Waals surface area contributed by atoms with Gasteiger partial charge in [0.15, 0.2) is 0 Å². The van der Waals surface area contributed by atoms with E-state index in [4.69, 9.17) is 5.73 Å². The monoisotopic (exact) mass is 327 g/mol. The minimum atomic E-state index is -0.464. The van der Waals surface area contributed by atoms with Gasteiger partial charge < -0.3 is 10.6 Å². The van der Waals surface area contributed by atoms with E-state index in [0.717, 1.165) is 13.0 Å². The van der Waals surface area contributed by atoms with E-state index in [1.54, 1.807) is 11.0 Å². The van der Waals surface area contributed by atoms with Crippen molar-refractivity contribution in [1.82, 2.24) is 20.0 Å². The Morgan fingerprint density at radius 2 is 2.00 bits per heavy atom. The summed E-state index contributed by atoms with van der Waals surface area (Å²) in [5.74, 6) is -0.549. The van der Waals surface area contributed by atoms with E-state index < -0.39 is 11.9 Å². The number of nitrogens with zero attached hydrogens (tertiary/aromatic N) is 3. The Hall–Kier alpha value is -2.67. The summed E-state index contributed by atoms with van der Waals surface area (Å²) in [5.41, 5.74) is 7.21. The standard InChI is InChI=1S/C17H21N5O2/c18-16(23)15-12-22(17(24)14-6-8-19-20-14)11-10-21(15)9-7-13-4-2-1-3-5-13/h1-6,8,15H,7,9-12H2,(H2,18,23)(H,19,20)/t15-/m0/s1. The highest BCUT2D eigenvalue weighted by Gasteiger charge is 2.33. The van der Waals surface area contributed by atoms with E-state index in [1.807, 2.05) is 18.2 Å². The van der Waals surface area contributed by atoms with E-state index in [0.29, 0.717) is 25.3 Å². The molecule has 1 aromatic heterocycles. The molecule has 2 heterocycles. The zero-order chi connectivity index (χ0) is 16.9. The smallest absolute Gasteiger partial charge is 0.271 e. The van der Waals surface area contributed by atoms with Crippen molar-refractivity contribution in [2.45, 2.75) is 12.5 Å². The van der Waals surface area contributed by atoms with E-state index in [2.05, 4.69) is 27.2 Å². The van der Waals surface area contributed by atoms with Crippen molar-refractivity contribution in [1.29, 1.82) is 0 Å². The Bertz CT molecular complexity index is 686. The van der Waals surface area contributed by atoms with Gasteiger partial charge in [-0.3, -0.25) is 19.6 Å². The topological polar surface area (TPSA) is 95.3 Å². The van der Waals surface area contributed by atoms with Crippen LogP contribution in [-0.2, 0) is 11.2 Å². The summed E-state index contributed by atoms with van der Waals surface area (Å²) in [5, 5.41) is 6.46. The number of carbonyl (C=O) groups excluding carboxylic acids is 2. The summed E-state index contributed by atoms with van der Waals surface area (Å²) in [6.07, 6.45) is 2.38. The van der Waals surface area contributed by atoms with Crippen LogP contribution < -0.4 is 5.73 Å². The van der Waals surface area contributed by atoms with Crippen molar-refractivity contribution >= 4 is 11.8 Å². The first-order chi connectivity index (χ1) is 11.6. The maximum absolute atomic E-state index is 12.4. The second-order valence-corrected chi connectivity index (χ2v) is 5.91. The normalized spacial score (nSPS) is 18.5. The van der Waals surface area contributed by atoms with Gasteiger partial charge in [0.2, 0.25) is 5.91 Å². The molecule has 1 saturated heterocycles. The van der Waals surface area contributed by atoms with E-state index >= 15 is 0 Å². The van der Waals surface area contributed by atoms with Gasteiger partial charge in [0.25, 0.3) is 5.91 Å². The SMILES string of the molecule is NC(=O)[C@@H]1CN(C(=O)c2ccn[nH]2)CCN1CCc1ccccc1. The number of carbonyl (C=O) groups is 2. The molecule has 1 aliphatic heterocycles. The van der Waals surface area contributed by atoms with Crippen LogP contribution in [-0.4, -0.2) is 64.0 Å². The lowest BCUT2D eigenvalue weighted by Crippen LogP contribution is -2.59. The number of aromatic amines is 1. The zero-order valence-corrected chi connectivity index (χ0v) is 13.4. The van der Waals surface area contributed by atoms with Gasteiger partial charge in [-0.25, -0.2) is 0 Å². The fraction of sp³-hybridized carbons (Fsp3) is 0.353. The molecule has 0 aliphatic carbocycles.